The van der Waals surface area contributed by atoms with Crippen molar-refractivity contribution in [3.63, 3.8) is 0 Å². The second kappa shape index (κ2) is 7.33. The Bertz CT molecular complexity index is 139. The Morgan fingerprint density at radius 2 is 2.23 bits per heavy atom. The summed E-state index contributed by atoms with van der Waals surface area (Å²) in [7, 11) is -0.858. The molecule has 76 valence electrons. The highest BCUT2D eigenvalue weighted by atomic mass is 28.3. The second-order valence-electron chi connectivity index (χ2n) is 3.83. The Labute approximate surface area is 83.9 Å². The van der Waals surface area contributed by atoms with E-state index >= 15 is 0 Å². The molecule has 13 heavy (non-hydrogen) atoms. The molecule has 1 heterocycles. The standard InChI is InChI=1S/C11H22OSi/c1-2-3-4-5-7-10-13-11-8-6-9-12-13/h7,10,13H,2-6,8-9,11H2,1H3/b10-7+. The van der Waals surface area contributed by atoms with Gasteiger partial charge >= 0.3 is 0 Å². The molecule has 1 aliphatic rings. The predicted octanol–water partition coefficient (Wildman–Crippen LogP) is 3.20. The zero-order valence-electron chi connectivity index (χ0n) is 8.80. The molecule has 1 nitrogen and oxygen atoms in total. The lowest BCUT2D eigenvalue weighted by atomic mass is 10.2. The molecule has 0 aromatic heterocycles. The van der Waals surface area contributed by atoms with E-state index in [1.165, 1.54) is 44.6 Å². The fraction of sp³-hybridized carbons (Fsp3) is 0.818. The molecule has 0 saturated carbocycles. The maximum Gasteiger partial charge on any atom is 0.200 e. The molecule has 0 aliphatic carbocycles. The summed E-state index contributed by atoms with van der Waals surface area (Å²) in [6.45, 7) is 3.28. The molecule has 0 aromatic carbocycles. The van der Waals surface area contributed by atoms with Gasteiger partial charge < -0.3 is 4.43 Å². The van der Waals surface area contributed by atoms with E-state index < -0.39 is 9.04 Å². The first-order valence-electron chi connectivity index (χ1n) is 5.71. The number of rotatable bonds is 5. The topological polar surface area (TPSA) is 9.23 Å². The van der Waals surface area contributed by atoms with E-state index in [-0.39, 0.29) is 0 Å². The van der Waals surface area contributed by atoms with Crippen LogP contribution in [0.2, 0.25) is 6.04 Å². The van der Waals surface area contributed by atoms with E-state index in [4.69, 9.17) is 4.43 Å². The van der Waals surface area contributed by atoms with Crippen molar-refractivity contribution >= 4 is 9.04 Å². The van der Waals surface area contributed by atoms with E-state index in [9.17, 15) is 0 Å². The van der Waals surface area contributed by atoms with Gasteiger partial charge in [0.25, 0.3) is 0 Å². The number of allylic oxidation sites excluding steroid dienone is 1. The third kappa shape index (κ3) is 5.27. The minimum absolute atomic E-state index is 0.858. The molecule has 0 bridgehead atoms. The first kappa shape index (κ1) is 11.0. The van der Waals surface area contributed by atoms with Crippen LogP contribution in [0.1, 0.15) is 45.4 Å². The molecule has 0 N–H and O–H groups in total. The Morgan fingerprint density at radius 1 is 1.31 bits per heavy atom. The van der Waals surface area contributed by atoms with Gasteiger partial charge in [0.2, 0.25) is 9.04 Å². The average molecular weight is 198 g/mol. The minimum atomic E-state index is -0.858. The Hall–Kier alpha value is -0.0831. The van der Waals surface area contributed by atoms with Crippen LogP contribution in [0.25, 0.3) is 0 Å². The molecule has 1 fully saturated rings. The van der Waals surface area contributed by atoms with Crippen LogP contribution in [0.15, 0.2) is 11.8 Å². The fourth-order valence-electron chi connectivity index (χ4n) is 1.68. The van der Waals surface area contributed by atoms with E-state index in [2.05, 4.69) is 18.7 Å². The van der Waals surface area contributed by atoms with Crippen LogP contribution < -0.4 is 0 Å². The van der Waals surface area contributed by atoms with Crippen molar-refractivity contribution in [2.75, 3.05) is 6.61 Å². The van der Waals surface area contributed by atoms with Gasteiger partial charge in [0.05, 0.1) is 0 Å². The minimum Gasteiger partial charge on any atom is -0.416 e. The van der Waals surface area contributed by atoms with E-state index in [0.29, 0.717) is 0 Å². The molecular weight excluding hydrogens is 176 g/mol. The summed E-state index contributed by atoms with van der Waals surface area (Å²) < 4.78 is 5.74. The van der Waals surface area contributed by atoms with Gasteiger partial charge in [0.15, 0.2) is 0 Å². The van der Waals surface area contributed by atoms with Crippen molar-refractivity contribution in [1.82, 2.24) is 0 Å². The molecule has 1 atom stereocenters. The summed E-state index contributed by atoms with van der Waals surface area (Å²) >= 11 is 0. The van der Waals surface area contributed by atoms with Gasteiger partial charge in [-0.2, -0.15) is 0 Å². The van der Waals surface area contributed by atoms with Gasteiger partial charge in [-0.25, -0.2) is 0 Å². The largest absolute Gasteiger partial charge is 0.416 e. The van der Waals surface area contributed by atoms with Crippen molar-refractivity contribution in [2.45, 2.75) is 51.5 Å². The van der Waals surface area contributed by atoms with Gasteiger partial charge in [0.1, 0.15) is 0 Å². The molecule has 1 aliphatic heterocycles. The normalized spacial score (nSPS) is 23.9. The summed E-state index contributed by atoms with van der Waals surface area (Å²) in [6.07, 6.45) is 10.4. The Kier molecular flexibility index (Phi) is 6.20. The van der Waals surface area contributed by atoms with Gasteiger partial charge in [-0.1, -0.05) is 38.0 Å². The van der Waals surface area contributed by atoms with E-state index in [1.807, 2.05) is 0 Å². The monoisotopic (exact) mass is 198 g/mol. The summed E-state index contributed by atoms with van der Waals surface area (Å²) in [4.78, 5) is 0. The highest BCUT2D eigenvalue weighted by molar-refractivity contribution is 6.57. The SMILES string of the molecule is CCCCC/C=C/[SiH]1CCCCO1. The molecule has 1 unspecified atom stereocenters. The van der Waals surface area contributed by atoms with Crippen molar-refractivity contribution in [1.29, 1.82) is 0 Å². The Balaban J connectivity index is 2.01. The number of unbranched alkanes of at least 4 members (excludes halogenated alkanes) is 3. The van der Waals surface area contributed by atoms with Crippen molar-refractivity contribution < 1.29 is 4.43 Å². The molecule has 0 aromatic rings. The Morgan fingerprint density at radius 3 is 2.92 bits per heavy atom. The smallest absolute Gasteiger partial charge is 0.200 e. The van der Waals surface area contributed by atoms with Crippen LogP contribution in [0.5, 0.6) is 0 Å². The lowest BCUT2D eigenvalue weighted by Crippen LogP contribution is -2.20. The third-order valence-electron chi connectivity index (χ3n) is 2.54. The van der Waals surface area contributed by atoms with Crippen LogP contribution in [-0.2, 0) is 4.43 Å². The summed E-state index contributed by atoms with van der Waals surface area (Å²) in [5.41, 5.74) is 2.40. The first-order chi connectivity index (χ1) is 6.43. The quantitative estimate of drug-likeness (QED) is 0.487. The van der Waals surface area contributed by atoms with Crippen molar-refractivity contribution in [2.24, 2.45) is 0 Å². The summed E-state index contributed by atoms with van der Waals surface area (Å²) in [5.74, 6) is 0. The van der Waals surface area contributed by atoms with Crippen molar-refractivity contribution in [3.8, 4) is 0 Å². The van der Waals surface area contributed by atoms with Gasteiger partial charge in [-0.05, 0) is 25.3 Å². The van der Waals surface area contributed by atoms with Gasteiger partial charge in [-0.3, -0.25) is 0 Å². The maximum atomic E-state index is 5.74. The average Bonchev–Trinajstić information content (AvgIpc) is 2.19. The molecule has 0 amide bonds. The van der Waals surface area contributed by atoms with Gasteiger partial charge in [-0.15, -0.1) is 0 Å². The lowest BCUT2D eigenvalue weighted by Gasteiger charge is -2.17. The highest BCUT2D eigenvalue weighted by Gasteiger charge is 2.11. The van der Waals surface area contributed by atoms with Crippen molar-refractivity contribution in [3.05, 3.63) is 11.8 Å². The van der Waals surface area contributed by atoms with Crippen LogP contribution in [0.4, 0.5) is 0 Å². The second-order valence-corrected chi connectivity index (χ2v) is 6.20. The molecule has 1 rings (SSSR count). The predicted molar refractivity (Wildman–Crippen MR) is 60.4 cm³/mol. The first-order valence-corrected chi connectivity index (χ1v) is 7.67. The molecule has 1 saturated heterocycles. The highest BCUT2D eigenvalue weighted by Crippen LogP contribution is 2.12. The summed E-state index contributed by atoms with van der Waals surface area (Å²) in [5, 5.41) is 0. The van der Waals surface area contributed by atoms with Crippen LogP contribution in [-0.4, -0.2) is 15.6 Å². The van der Waals surface area contributed by atoms with Crippen LogP contribution in [0, 0.1) is 0 Å². The maximum absolute atomic E-state index is 5.74. The lowest BCUT2D eigenvalue weighted by molar-refractivity contribution is 0.294. The van der Waals surface area contributed by atoms with E-state index in [1.54, 1.807) is 0 Å². The molecule has 0 radical (unpaired) electrons. The van der Waals surface area contributed by atoms with Crippen LogP contribution >= 0.6 is 0 Å². The zero-order chi connectivity index (χ0) is 9.36. The molecule has 0 spiro atoms. The van der Waals surface area contributed by atoms with E-state index in [0.717, 1.165) is 6.61 Å². The van der Waals surface area contributed by atoms with Crippen LogP contribution in [0.3, 0.4) is 0 Å². The third-order valence-corrected chi connectivity index (χ3v) is 4.88. The molecule has 2 heteroatoms. The number of hydrogen-bond acceptors (Lipinski definition) is 1. The van der Waals surface area contributed by atoms with Gasteiger partial charge in [0, 0.05) is 6.61 Å². The summed E-state index contributed by atoms with van der Waals surface area (Å²) in [6, 6.07) is 1.37. The zero-order valence-corrected chi connectivity index (χ0v) is 9.95. The fourth-order valence-corrected chi connectivity index (χ4v) is 3.80. The number of hydrogen-bond donors (Lipinski definition) is 0. The molecular formula is C11H22OSi.